The van der Waals surface area contributed by atoms with E-state index in [4.69, 9.17) is 0 Å². The van der Waals surface area contributed by atoms with Crippen LogP contribution in [0.5, 0.6) is 0 Å². The van der Waals surface area contributed by atoms with Gasteiger partial charge in [-0.25, -0.2) is 4.98 Å². The molecule has 4 rings (SSSR count). The number of carbonyl (C=O) groups is 1. The van der Waals surface area contributed by atoms with Gasteiger partial charge in [-0.1, -0.05) is 11.8 Å². The number of nitrogens with one attached hydrogen (secondary N) is 1. The van der Waals surface area contributed by atoms with Crippen molar-refractivity contribution in [1.29, 1.82) is 0 Å². The molecule has 1 aliphatic carbocycles. The largest absolute Gasteiger partial charge is 0.416 e. The Morgan fingerprint density at radius 1 is 1.16 bits per heavy atom. The van der Waals surface area contributed by atoms with Crippen molar-refractivity contribution in [3.8, 4) is 0 Å². The molecule has 0 unspecified atom stereocenters. The Bertz CT molecular complexity index is 964. The van der Waals surface area contributed by atoms with Crippen LogP contribution in [-0.2, 0) is 12.7 Å². The first-order valence-corrected chi connectivity index (χ1v) is 11.7. The number of pyridine rings is 1. The predicted molar refractivity (Wildman–Crippen MR) is 118 cm³/mol. The van der Waals surface area contributed by atoms with E-state index < -0.39 is 11.7 Å². The van der Waals surface area contributed by atoms with Gasteiger partial charge in [-0.15, -0.1) is 0 Å². The summed E-state index contributed by atoms with van der Waals surface area (Å²) < 4.78 is 39.1. The van der Waals surface area contributed by atoms with Gasteiger partial charge in [-0.3, -0.25) is 9.69 Å². The molecule has 5 nitrogen and oxygen atoms in total. The Balaban J connectivity index is 1.50. The molecule has 1 N–H and O–H groups in total. The van der Waals surface area contributed by atoms with E-state index in [1.165, 1.54) is 30.8 Å². The summed E-state index contributed by atoms with van der Waals surface area (Å²) in [6.07, 6.45) is 0.263. The van der Waals surface area contributed by atoms with Gasteiger partial charge >= 0.3 is 6.18 Å². The zero-order chi connectivity index (χ0) is 22.7. The second-order valence-corrected chi connectivity index (χ2v) is 9.31. The highest BCUT2D eigenvalue weighted by Crippen LogP contribution is 2.35. The van der Waals surface area contributed by atoms with Crippen LogP contribution in [0.15, 0.2) is 46.5 Å². The van der Waals surface area contributed by atoms with Crippen molar-refractivity contribution in [3.05, 3.63) is 53.2 Å². The van der Waals surface area contributed by atoms with Crippen molar-refractivity contribution in [2.24, 2.45) is 0 Å². The lowest BCUT2D eigenvalue weighted by molar-refractivity contribution is -0.137. The van der Waals surface area contributed by atoms with Gasteiger partial charge in [0.1, 0.15) is 5.03 Å². The van der Waals surface area contributed by atoms with Gasteiger partial charge in [0.05, 0.1) is 5.56 Å². The molecule has 2 aliphatic rings. The lowest BCUT2D eigenvalue weighted by Gasteiger charge is -2.22. The maximum atomic E-state index is 13.2. The molecule has 172 valence electrons. The fraction of sp³-hybridized carbons (Fsp3) is 0.478. The van der Waals surface area contributed by atoms with Gasteiger partial charge in [0.15, 0.2) is 0 Å². The first kappa shape index (κ1) is 23.1. The molecule has 9 heteroatoms. The summed E-state index contributed by atoms with van der Waals surface area (Å²) in [4.78, 5) is 22.4. The van der Waals surface area contributed by atoms with E-state index in [0.29, 0.717) is 18.2 Å². The summed E-state index contributed by atoms with van der Waals surface area (Å²) in [7, 11) is 1.80. The minimum atomic E-state index is -4.41. The van der Waals surface area contributed by atoms with Crippen molar-refractivity contribution >= 4 is 17.7 Å². The number of hydrogen-bond donors (Lipinski definition) is 1. The first-order chi connectivity index (χ1) is 15.3. The van der Waals surface area contributed by atoms with Crippen LogP contribution in [0.2, 0.25) is 0 Å². The van der Waals surface area contributed by atoms with Crippen molar-refractivity contribution < 1.29 is 18.0 Å². The van der Waals surface area contributed by atoms with Gasteiger partial charge in [-0.05, 0) is 62.2 Å². The van der Waals surface area contributed by atoms with Crippen molar-refractivity contribution in [2.75, 3.05) is 33.2 Å². The highest BCUT2D eigenvalue weighted by Gasteiger charge is 2.32. The summed E-state index contributed by atoms with van der Waals surface area (Å²) in [5.41, 5.74) is 0.742. The van der Waals surface area contributed by atoms with Gasteiger partial charge in [0, 0.05) is 55.4 Å². The molecule has 2 aromatic rings. The molecular weight excluding hydrogens is 437 g/mol. The fourth-order valence-corrected chi connectivity index (χ4v) is 4.95. The molecule has 1 saturated carbocycles. The van der Waals surface area contributed by atoms with Crippen LogP contribution in [0.1, 0.15) is 40.7 Å². The molecule has 0 spiro atoms. The van der Waals surface area contributed by atoms with E-state index in [9.17, 15) is 18.0 Å². The number of rotatable bonds is 6. The summed E-state index contributed by atoms with van der Waals surface area (Å²) in [5.74, 6) is 0.00810. The van der Waals surface area contributed by atoms with E-state index in [2.05, 4.69) is 15.2 Å². The monoisotopic (exact) mass is 464 g/mol. The number of carbonyl (C=O) groups excluding carboxylic acids is 1. The third-order valence-electron chi connectivity index (χ3n) is 5.83. The molecule has 1 aliphatic heterocycles. The summed E-state index contributed by atoms with van der Waals surface area (Å²) >= 11 is 1.17. The van der Waals surface area contributed by atoms with Crippen LogP contribution >= 0.6 is 11.8 Å². The summed E-state index contributed by atoms with van der Waals surface area (Å²) in [6.45, 7) is 3.92. The normalized spacial score (nSPS) is 17.9. The topological polar surface area (TPSA) is 48.5 Å². The van der Waals surface area contributed by atoms with Crippen molar-refractivity contribution in [1.82, 2.24) is 20.1 Å². The Hall–Kier alpha value is -2.10. The molecule has 0 atom stereocenters. The summed E-state index contributed by atoms with van der Waals surface area (Å²) in [6, 6.07) is 8.13. The number of halogens is 3. The number of nitrogens with zero attached hydrogens (tertiary/aromatic N) is 3. The molecule has 1 aromatic carbocycles. The highest BCUT2D eigenvalue weighted by molar-refractivity contribution is 7.99. The zero-order valence-electron chi connectivity index (χ0n) is 18.0. The van der Waals surface area contributed by atoms with E-state index in [-0.39, 0.29) is 10.9 Å². The van der Waals surface area contributed by atoms with Crippen LogP contribution in [-0.4, -0.2) is 60.0 Å². The van der Waals surface area contributed by atoms with E-state index in [1.807, 2.05) is 11.0 Å². The lowest BCUT2D eigenvalue weighted by Crippen LogP contribution is -2.35. The van der Waals surface area contributed by atoms with Crippen molar-refractivity contribution in [2.45, 2.75) is 47.9 Å². The Kier molecular flexibility index (Phi) is 7.07. The maximum Gasteiger partial charge on any atom is 0.416 e. The van der Waals surface area contributed by atoms with Crippen LogP contribution in [0.3, 0.4) is 0 Å². The zero-order valence-corrected chi connectivity index (χ0v) is 18.8. The lowest BCUT2D eigenvalue weighted by atomic mass is 10.1. The molecule has 1 amide bonds. The average molecular weight is 465 g/mol. The van der Waals surface area contributed by atoms with Gasteiger partial charge in [-0.2, -0.15) is 13.2 Å². The maximum absolute atomic E-state index is 13.2. The first-order valence-electron chi connectivity index (χ1n) is 10.9. The van der Waals surface area contributed by atoms with Crippen LogP contribution in [0, 0.1) is 0 Å². The van der Waals surface area contributed by atoms with Gasteiger partial charge in [0.2, 0.25) is 0 Å². The number of alkyl halides is 3. The third-order valence-corrected chi connectivity index (χ3v) is 6.88. The minimum Gasteiger partial charge on any atom is -0.337 e. The van der Waals surface area contributed by atoms with Crippen LogP contribution in [0.25, 0.3) is 0 Å². The molecule has 1 aromatic heterocycles. The standard InChI is InChI=1S/C23H27F3N4OS/c1-27-15-17-13-16(22(31)30-10-2-9-29(11-12-30)19-4-5-19)3-6-20(17)32-21-14-18(7-8-28-21)23(24,25)26/h3,6-8,13-14,19,27H,2,4-5,9-12,15H2,1H3. The SMILES string of the molecule is CNCc1cc(C(=O)N2CCCN(C3CC3)CC2)ccc1Sc1cc(C(F)(F)F)ccn1. The van der Waals surface area contributed by atoms with Crippen molar-refractivity contribution in [3.63, 3.8) is 0 Å². The molecule has 2 fully saturated rings. The molecule has 0 radical (unpaired) electrons. The van der Waals surface area contributed by atoms with E-state index >= 15 is 0 Å². The Morgan fingerprint density at radius 3 is 2.69 bits per heavy atom. The number of amides is 1. The molecule has 2 heterocycles. The van der Waals surface area contributed by atoms with Gasteiger partial charge in [0.25, 0.3) is 5.91 Å². The summed E-state index contributed by atoms with van der Waals surface area (Å²) in [5, 5.41) is 3.35. The molecule has 0 bridgehead atoms. The predicted octanol–water partition coefficient (Wildman–Crippen LogP) is 4.28. The number of hydrogen-bond acceptors (Lipinski definition) is 5. The van der Waals surface area contributed by atoms with E-state index in [1.54, 1.807) is 19.2 Å². The van der Waals surface area contributed by atoms with E-state index in [0.717, 1.165) is 55.2 Å². The number of benzene rings is 1. The highest BCUT2D eigenvalue weighted by atomic mass is 32.2. The Morgan fingerprint density at radius 2 is 1.97 bits per heavy atom. The molecular formula is C23H27F3N4OS. The molecule has 32 heavy (non-hydrogen) atoms. The smallest absolute Gasteiger partial charge is 0.337 e. The van der Waals surface area contributed by atoms with Crippen LogP contribution in [0.4, 0.5) is 13.2 Å². The quantitative estimate of drug-likeness (QED) is 0.692. The third kappa shape index (κ3) is 5.63. The second-order valence-electron chi connectivity index (χ2n) is 8.25. The van der Waals surface area contributed by atoms with Crippen LogP contribution < -0.4 is 5.32 Å². The average Bonchev–Trinajstić information content (AvgIpc) is 3.61. The van der Waals surface area contributed by atoms with Gasteiger partial charge < -0.3 is 10.2 Å². The second kappa shape index (κ2) is 9.80. The molecule has 1 saturated heterocycles. The fourth-order valence-electron chi connectivity index (χ4n) is 4.02. The minimum absolute atomic E-state index is 0.00810. The number of aromatic nitrogens is 1. The Labute approximate surface area is 190 Å².